The molecule has 0 aromatic carbocycles. The minimum atomic E-state index is 0.601. The Balaban J connectivity index is 2.52. The molecule has 0 radical (unpaired) electrons. The molecule has 0 aliphatic rings. The van der Waals surface area contributed by atoms with Gasteiger partial charge in [-0.2, -0.15) is 4.80 Å². The molecule has 0 atom stereocenters. The summed E-state index contributed by atoms with van der Waals surface area (Å²) in [7, 11) is 0. The predicted molar refractivity (Wildman–Crippen MR) is 46.7 cm³/mol. The average molecular weight is 168 g/mol. The molecule has 1 aromatic heterocycles. The second kappa shape index (κ2) is 4.18. The highest BCUT2D eigenvalue weighted by molar-refractivity contribution is 4.77. The van der Waals surface area contributed by atoms with Gasteiger partial charge in [0.05, 0.1) is 6.54 Å². The maximum atomic E-state index is 4.23. The Labute approximate surface area is 73.0 Å². The van der Waals surface area contributed by atoms with Gasteiger partial charge in [-0.1, -0.05) is 20.8 Å². The first kappa shape index (κ1) is 9.16. The summed E-state index contributed by atoms with van der Waals surface area (Å²) in [4.78, 5) is 1.66. The van der Waals surface area contributed by atoms with Gasteiger partial charge in [0.2, 0.25) is 0 Å². The second-order valence-corrected chi connectivity index (χ2v) is 3.40. The third-order valence-electron chi connectivity index (χ3n) is 1.51. The molecule has 0 amide bonds. The molecule has 0 aliphatic heterocycles. The highest BCUT2D eigenvalue weighted by atomic mass is 15.6. The van der Waals surface area contributed by atoms with Crippen LogP contribution in [0.15, 0.2) is 0 Å². The number of aryl methyl sites for hydroxylation is 1. The van der Waals surface area contributed by atoms with Crippen molar-refractivity contribution in [3.8, 4) is 0 Å². The second-order valence-electron chi connectivity index (χ2n) is 3.40. The van der Waals surface area contributed by atoms with Crippen LogP contribution in [-0.4, -0.2) is 20.2 Å². The summed E-state index contributed by atoms with van der Waals surface area (Å²) in [5, 5.41) is 12.1. The van der Waals surface area contributed by atoms with Crippen LogP contribution in [0.5, 0.6) is 0 Å². The lowest BCUT2D eigenvalue weighted by Gasteiger charge is -1.96. The van der Waals surface area contributed by atoms with E-state index in [-0.39, 0.29) is 0 Å². The fourth-order valence-electron chi connectivity index (χ4n) is 1.02. The highest BCUT2D eigenvalue weighted by Gasteiger charge is 2.03. The van der Waals surface area contributed by atoms with E-state index < -0.39 is 0 Å². The van der Waals surface area contributed by atoms with E-state index in [9.17, 15) is 0 Å². The zero-order valence-electron chi connectivity index (χ0n) is 7.99. The molecule has 0 bridgehead atoms. The Hall–Kier alpha value is -0.930. The van der Waals surface area contributed by atoms with Gasteiger partial charge in [-0.3, -0.25) is 0 Å². The van der Waals surface area contributed by atoms with Gasteiger partial charge in [0, 0.05) is 6.42 Å². The van der Waals surface area contributed by atoms with Crippen LogP contribution in [0.25, 0.3) is 0 Å². The Morgan fingerprint density at radius 2 is 2.17 bits per heavy atom. The molecule has 4 nitrogen and oxygen atoms in total. The van der Waals surface area contributed by atoms with Crippen LogP contribution < -0.4 is 0 Å². The molecule has 0 aliphatic carbocycles. The van der Waals surface area contributed by atoms with Gasteiger partial charge in [-0.25, -0.2) is 0 Å². The van der Waals surface area contributed by atoms with E-state index in [4.69, 9.17) is 0 Å². The van der Waals surface area contributed by atoms with Crippen LogP contribution in [0.1, 0.15) is 33.0 Å². The van der Waals surface area contributed by atoms with E-state index in [1.807, 2.05) is 0 Å². The first-order valence-corrected chi connectivity index (χ1v) is 4.49. The smallest absolute Gasteiger partial charge is 0.164 e. The van der Waals surface area contributed by atoms with Gasteiger partial charge in [0.25, 0.3) is 0 Å². The minimum absolute atomic E-state index is 0.601. The van der Waals surface area contributed by atoms with E-state index >= 15 is 0 Å². The maximum absolute atomic E-state index is 4.23. The third kappa shape index (κ3) is 2.60. The fraction of sp³-hybridized carbons (Fsp3) is 0.875. The van der Waals surface area contributed by atoms with Crippen molar-refractivity contribution >= 4 is 0 Å². The van der Waals surface area contributed by atoms with Crippen LogP contribution in [0, 0.1) is 5.92 Å². The van der Waals surface area contributed by atoms with Crippen molar-refractivity contribution < 1.29 is 0 Å². The number of aromatic nitrogens is 4. The van der Waals surface area contributed by atoms with Crippen molar-refractivity contribution in [1.29, 1.82) is 0 Å². The quantitative estimate of drug-likeness (QED) is 0.680. The van der Waals surface area contributed by atoms with Gasteiger partial charge in [0.15, 0.2) is 5.82 Å². The summed E-state index contributed by atoms with van der Waals surface area (Å²) >= 11 is 0. The molecule has 0 saturated carbocycles. The topological polar surface area (TPSA) is 43.6 Å². The van der Waals surface area contributed by atoms with E-state index in [0.717, 1.165) is 25.2 Å². The fourth-order valence-corrected chi connectivity index (χ4v) is 1.02. The molecule has 0 saturated heterocycles. The monoisotopic (exact) mass is 168 g/mol. The number of rotatable bonds is 4. The number of nitrogens with zero attached hydrogens (tertiary/aromatic N) is 4. The van der Waals surface area contributed by atoms with E-state index in [1.165, 1.54) is 0 Å². The SMILES string of the molecule is CCCn1nnc(CC(C)C)n1. The molecular weight excluding hydrogens is 152 g/mol. The summed E-state index contributed by atoms with van der Waals surface area (Å²) in [6.07, 6.45) is 1.97. The molecule has 1 rings (SSSR count). The molecule has 0 spiro atoms. The Morgan fingerprint density at radius 1 is 1.42 bits per heavy atom. The lowest BCUT2D eigenvalue weighted by atomic mass is 10.1. The van der Waals surface area contributed by atoms with E-state index in [0.29, 0.717) is 5.92 Å². The van der Waals surface area contributed by atoms with Gasteiger partial charge >= 0.3 is 0 Å². The van der Waals surface area contributed by atoms with Crippen molar-refractivity contribution in [3.63, 3.8) is 0 Å². The zero-order chi connectivity index (χ0) is 8.97. The summed E-state index contributed by atoms with van der Waals surface area (Å²) in [6, 6.07) is 0. The van der Waals surface area contributed by atoms with Crippen LogP contribution in [-0.2, 0) is 13.0 Å². The lowest BCUT2D eigenvalue weighted by molar-refractivity contribution is 0.510. The van der Waals surface area contributed by atoms with E-state index in [1.54, 1.807) is 4.80 Å². The molecular formula is C8H16N4. The maximum Gasteiger partial charge on any atom is 0.175 e. The molecule has 1 aromatic rings. The molecule has 0 fully saturated rings. The highest BCUT2D eigenvalue weighted by Crippen LogP contribution is 2.00. The summed E-state index contributed by atoms with van der Waals surface area (Å²) in [5.74, 6) is 1.46. The molecule has 0 unspecified atom stereocenters. The number of hydrogen-bond acceptors (Lipinski definition) is 3. The van der Waals surface area contributed by atoms with Crippen molar-refractivity contribution in [3.05, 3.63) is 5.82 Å². The summed E-state index contributed by atoms with van der Waals surface area (Å²) in [6.45, 7) is 7.28. The first-order valence-electron chi connectivity index (χ1n) is 4.49. The van der Waals surface area contributed by atoms with Crippen molar-refractivity contribution in [2.75, 3.05) is 0 Å². The largest absolute Gasteiger partial charge is 0.175 e. The molecule has 4 heteroatoms. The zero-order valence-corrected chi connectivity index (χ0v) is 7.99. The van der Waals surface area contributed by atoms with Crippen LogP contribution in [0.4, 0.5) is 0 Å². The van der Waals surface area contributed by atoms with Crippen molar-refractivity contribution in [2.24, 2.45) is 5.92 Å². The Kier molecular flexibility index (Phi) is 3.19. The minimum Gasteiger partial charge on any atom is -0.164 e. The summed E-state index contributed by atoms with van der Waals surface area (Å²) < 4.78 is 0. The van der Waals surface area contributed by atoms with Gasteiger partial charge in [0.1, 0.15) is 0 Å². The standard InChI is InChI=1S/C8H16N4/c1-4-5-12-10-8(9-11-12)6-7(2)3/h7H,4-6H2,1-3H3. The predicted octanol–water partition coefficient (Wildman–Crippen LogP) is 1.28. The third-order valence-corrected chi connectivity index (χ3v) is 1.51. The van der Waals surface area contributed by atoms with Crippen LogP contribution in [0.2, 0.25) is 0 Å². The van der Waals surface area contributed by atoms with Gasteiger partial charge < -0.3 is 0 Å². The lowest BCUT2D eigenvalue weighted by Crippen LogP contribution is -2.02. The first-order chi connectivity index (χ1) is 5.72. The Bertz CT molecular complexity index is 229. The average Bonchev–Trinajstić information content (AvgIpc) is 2.36. The van der Waals surface area contributed by atoms with Crippen LogP contribution >= 0.6 is 0 Å². The Morgan fingerprint density at radius 3 is 2.75 bits per heavy atom. The van der Waals surface area contributed by atoms with Gasteiger partial charge in [-0.15, -0.1) is 10.2 Å². The molecule has 1 heterocycles. The molecule has 68 valence electrons. The normalized spacial score (nSPS) is 11.0. The van der Waals surface area contributed by atoms with Crippen molar-refractivity contribution in [1.82, 2.24) is 20.2 Å². The number of tetrazole rings is 1. The molecule has 0 N–H and O–H groups in total. The van der Waals surface area contributed by atoms with Crippen LogP contribution in [0.3, 0.4) is 0 Å². The van der Waals surface area contributed by atoms with Gasteiger partial charge in [-0.05, 0) is 17.6 Å². The summed E-state index contributed by atoms with van der Waals surface area (Å²) in [5.41, 5.74) is 0. The number of hydrogen-bond donors (Lipinski definition) is 0. The molecule has 12 heavy (non-hydrogen) atoms. The van der Waals surface area contributed by atoms with E-state index in [2.05, 4.69) is 36.2 Å². The van der Waals surface area contributed by atoms with Crippen molar-refractivity contribution in [2.45, 2.75) is 40.2 Å².